The highest BCUT2D eigenvalue weighted by Gasteiger charge is 2.45. The van der Waals surface area contributed by atoms with Crippen molar-refractivity contribution in [2.45, 2.75) is 52.1 Å². The zero-order valence-corrected chi connectivity index (χ0v) is 10.6. The first-order valence-electron chi connectivity index (χ1n) is 6.01. The first-order valence-corrected chi connectivity index (χ1v) is 6.01. The minimum absolute atomic E-state index is 0.117. The standard InChI is InChI=1S/C13H19NO3/c1-12(2,3)17-11(16)14-10-4-5-13(8-15)6-9(10)7-13/h8H,4-7H2,1-3H3,(H,14,16). The quantitative estimate of drug-likeness (QED) is 0.751. The molecule has 0 aliphatic heterocycles. The van der Waals surface area contributed by atoms with Crippen LogP contribution < -0.4 is 5.32 Å². The van der Waals surface area contributed by atoms with Crippen LogP contribution in [0, 0.1) is 5.41 Å². The topological polar surface area (TPSA) is 55.4 Å². The molecule has 1 fully saturated rings. The maximum atomic E-state index is 11.6. The van der Waals surface area contributed by atoms with Gasteiger partial charge in [-0.1, -0.05) is 0 Å². The largest absolute Gasteiger partial charge is 0.444 e. The first-order chi connectivity index (χ1) is 7.84. The van der Waals surface area contributed by atoms with E-state index in [0.717, 1.165) is 37.7 Å². The third kappa shape index (κ3) is 2.51. The second-order valence-corrected chi connectivity index (χ2v) is 6.04. The van der Waals surface area contributed by atoms with Gasteiger partial charge in [0.15, 0.2) is 0 Å². The number of fused-ring (bicyclic) bond motifs is 2. The van der Waals surface area contributed by atoms with Gasteiger partial charge >= 0.3 is 6.09 Å². The molecule has 1 N–H and O–H groups in total. The maximum Gasteiger partial charge on any atom is 0.411 e. The van der Waals surface area contributed by atoms with Crippen LogP contribution in [0.1, 0.15) is 46.5 Å². The van der Waals surface area contributed by atoms with Gasteiger partial charge in [0.25, 0.3) is 0 Å². The fourth-order valence-electron chi connectivity index (χ4n) is 2.46. The van der Waals surface area contributed by atoms with Crippen LogP contribution in [0.4, 0.5) is 4.79 Å². The summed E-state index contributed by atoms with van der Waals surface area (Å²) in [6.45, 7) is 5.52. The molecule has 3 aliphatic rings. The number of rotatable bonds is 2. The molecule has 0 saturated heterocycles. The van der Waals surface area contributed by atoms with E-state index in [4.69, 9.17) is 4.74 Å². The number of carbonyl (C=O) groups excluding carboxylic acids is 2. The minimum atomic E-state index is -0.476. The lowest BCUT2D eigenvalue weighted by atomic mass is 9.59. The lowest BCUT2D eigenvalue weighted by Gasteiger charge is -2.45. The van der Waals surface area contributed by atoms with Gasteiger partial charge in [-0.15, -0.1) is 0 Å². The van der Waals surface area contributed by atoms with Crippen LogP contribution in [-0.4, -0.2) is 18.0 Å². The van der Waals surface area contributed by atoms with Crippen molar-refractivity contribution in [3.8, 4) is 0 Å². The highest BCUT2D eigenvalue weighted by molar-refractivity contribution is 5.72. The predicted molar refractivity (Wildman–Crippen MR) is 63.4 cm³/mol. The van der Waals surface area contributed by atoms with E-state index in [1.807, 2.05) is 20.8 Å². The number of hydrogen-bond donors (Lipinski definition) is 1. The number of carbonyl (C=O) groups is 2. The second-order valence-electron chi connectivity index (χ2n) is 6.04. The monoisotopic (exact) mass is 237 g/mol. The van der Waals surface area contributed by atoms with Gasteiger partial charge in [-0.2, -0.15) is 0 Å². The predicted octanol–water partition coefficient (Wildman–Crippen LogP) is 2.54. The van der Waals surface area contributed by atoms with Crippen LogP contribution in [-0.2, 0) is 9.53 Å². The summed E-state index contributed by atoms with van der Waals surface area (Å²) in [6.07, 6.45) is 3.90. The third-order valence-electron chi connectivity index (χ3n) is 3.33. The van der Waals surface area contributed by atoms with Crippen molar-refractivity contribution in [1.82, 2.24) is 5.32 Å². The molecule has 0 atom stereocenters. The first kappa shape index (κ1) is 12.1. The van der Waals surface area contributed by atoms with Gasteiger partial charge < -0.3 is 9.53 Å². The summed E-state index contributed by atoms with van der Waals surface area (Å²) in [6, 6.07) is 0. The fourth-order valence-corrected chi connectivity index (χ4v) is 2.46. The lowest BCUT2D eigenvalue weighted by molar-refractivity contribution is -0.119. The summed E-state index contributed by atoms with van der Waals surface area (Å²) >= 11 is 0. The van der Waals surface area contributed by atoms with E-state index in [1.54, 1.807) is 0 Å². The van der Waals surface area contributed by atoms with Crippen LogP contribution in [0.3, 0.4) is 0 Å². The number of ether oxygens (including phenoxy) is 1. The number of alkyl carbamates (subject to hydrolysis) is 1. The summed E-state index contributed by atoms with van der Waals surface area (Å²) in [5, 5.41) is 2.81. The molecule has 2 bridgehead atoms. The summed E-state index contributed by atoms with van der Waals surface area (Å²) in [4.78, 5) is 22.5. The zero-order chi connectivity index (χ0) is 12.7. The maximum absolute atomic E-state index is 11.6. The lowest BCUT2D eigenvalue weighted by Crippen LogP contribution is -2.42. The van der Waals surface area contributed by atoms with Crippen LogP contribution in [0.2, 0.25) is 0 Å². The summed E-state index contributed by atoms with van der Waals surface area (Å²) < 4.78 is 5.20. The molecule has 3 aliphatic carbocycles. The number of hydrogen-bond acceptors (Lipinski definition) is 3. The molecule has 1 amide bonds. The fraction of sp³-hybridized carbons (Fsp3) is 0.692. The molecular formula is C13H19NO3. The molecule has 0 radical (unpaired) electrons. The summed E-state index contributed by atoms with van der Waals surface area (Å²) in [7, 11) is 0. The number of allylic oxidation sites excluding steroid dienone is 2. The molecule has 94 valence electrons. The van der Waals surface area contributed by atoms with E-state index in [1.165, 1.54) is 5.57 Å². The van der Waals surface area contributed by atoms with Gasteiger partial charge in [0.05, 0.1) is 0 Å². The van der Waals surface area contributed by atoms with Gasteiger partial charge in [0.1, 0.15) is 11.9 Å². The Bertz CT molecular complexity index is 382. The molecule has 0 spiro atoms. The summed E-state index contributed by atoms with van der Waals surface area (Å²) in [5.74, 6) is 0. The van der Waals surface area contributed by atoms with Crippen molar-refractivity contribution in [3.05, 3.63) is 11.3 Å². The van der Waals surface area contributed by atoms with Crippen molar-refractivity contribution in [3.63, 3.8) is 0 Å². The van der Waals surface area contributed by atoms with Gasteiger partial charge in [-0.05, 0) is 52.0 Å². The third-order valence-corrected chi connectivity index (χ3v) is 3.33. The van der Waals surface area contributed by atoms with E-state index < -0.39 is 11.7 Å². The highest BCUT2D eigenvalue weighted by Crippen LogP contribution is 2.53. The smallest absolute Gasteiger partial charge is 0.411 e. The van der Waals surface area contributed by atoms with E-state index in [-0.39, 0.29) is 5.41 Å². The average Bonchev–Trinajstić information content (AvgIpc) is 2.13. The molecule has 0 aromatic heterocycles. The Balaban J connectivity index is 1.94. The molecule has 3 rings (SSSR count). The minimum Gasteiger partial charge on any atom is -0.444 e. The van der Waals surface area contributed by atoms with Crippen LogP contribution in [0.15, 0.2) is 11.3 Å². The zero-order valence-electron chi connectivity index (χ0n) is 10.6. The van der Waals surface area contributed by atoms with Crippen LogP contribution in [0.25, 0.3) is 0 Å². The molecule has 0 unspecified atom stereocenters. The molecular weight excluding hydrogens is 218 g/mol. The van der Waals surface area contributed by atoms with Crippen LogP contribution in [0.5, 0.6) is 0 Å². The number of nitrogens with one attached hydrogen (secondary N) is 1. The van der Waals surface area contributed by atoms with Gasteiger partial charge in [-0.25, -0.2) is 4.79 Å². The second kappa shape index (κ2) is 3.86. The Morgan fingerprint density at radius 1 is 1.41 bits per heavy atom. The van der Waals surface area contributed by atoms with E-state index in [9.17, 15) is 9.59 Å². The molecule has 0 heterocycles. The molecule has 1 saturated carbocycles. The van der Waals surface area contributed by atoms with Crippen LogP contribution >= 0.6 is 0 Å². The Kier molecular flexibility index (Phi) is 2.76. The van der Waals surface area contributed by atoms with Crippen molar-refractivity contribution < 1.29 is 14.3 Å². The highest BCUT2D eigenvalue weighted by atomic mass is 16.6. The molecule has 0 aromatic carbocycles. The Labute approximate surface area is 101 Å². The number of amides is 1. The summed E-state index contributed by atoms with van der Waals surface area (Å²) in [5.41, 5.74) is 1.57. The average molecular weight is 237 g/mol. The van der Waals surface area contributed by atoms with Crippen molar-refractivity contribution >= 4 is 12.4 Å². The van der Waals surface area contributed by atoms with E-state index >= 15 is 0 Å². The van der Waals surface area contributed by atoms with Crippen molar-refractivity contribution in [2.24, 2.45) is 5.41 Å². The SMILES string of the molecule is CC(C)(C)OC(=O)NC1=C2CC(C=O)(CC1)C2. The van der Waals surface area contributed by atoms with Gasteiger partial charge in [0.2, 0.25) is 0 Å². The molecule has 4 heteroatoms. The van der Waals surface area contributed by atoms with Crippen molar-refractivity contribution in [2.75, 3.05) is 0 Å². The molecule has 17 heavy (non-hydrogen) atoms. The van der Waals surface area contributed by atoms with Gasteiger partial charge in [-0.3, -0.25) is 5.32 Å². The number of aldehydes is 1. The Morgan fingerprint density at radius 3 is 2.47 bits per heavy atom. The Hall–Kier alpha value is -1.32. The molecule has 4 nitrogen and oxygen atoms in total. The normalized spacial score (nSPS) is 21.6. The van der Waals surface area contributed by atoms with E-state index in [0.29, 0.717) is 0 Å². The van der Waals surface area contributed by atoms with Crippen molar-refractivity contribution in [1.29, 1.82) is 0 Å². The van der Waals surface area contributed by atoms with Gasteiger partial charge in [0, 0.05) is 11.1 Å². The van der Waals surface area contributed by atoms with E-state index in [2.05, 4.69) is 5.32 Å². The Morgan fingerprint density at radius 2 is 2.06 bits per heavy atom. The molecule has 0 aromatic rings.